The van der Waals surface area contributed by atoms with Crippen molar-refractivity contribution >= 4 is 5.91 Å². The van der Waals surface area contributed by atoms with E-state index in [1.54, 1.807) is 6.92 Å². The number of carbonyl (C=O) groups excluding carboxylic acids is 1. The van der Waals surface area contributed by atoms with Gasteiger partial charge in [0.2, 0.25) is 5.95 Å². The Morgan fingerprint density at radius 1 is 1.59 bits per heavy atom. The van der Waals surface area contributed by atoms with E-state index in [2.05, 4.69) is 10.3 Å². The molecule has 1 amide bonds. The number of pyridine rings is 1. The molecule has 0 bridgehead atoms. The molecule has 1 N–H and O–H groups in total. The molecule has 1 rings (SSSR count). The number of halogens is 2. The van der Waals surface area contributed by atoms with Gasteiger partial charge in [-0.25, -0.2) is 9.37 Å². The lowest BCUT2D eigenvalue weighted by atomic mass is 10.2. The molecule has 1 aromatic rings. The Morgan fingerprint density at radius 3 is 2.94 bits per heavy atom. The van der Waals surface area contributed by atoms with E-state index in [0.29, 0.717) is 13.2 Å². The second-order valence-corrected chi connectivity index (χ2v) is 3.50. The normalized spacial score (nSPS) is 12.2. The van der Waals surface area contributed by atoms with Crippen molar-refractivity contribution in [3.63, 3.8) is 0 Å². The van der Waals surface area contributed by atoms with Gasteiger partial charge in [-0.2, -0.15) is 4.39 Å². The zero-order valence-corrected chi connectivity index (χ0v) is 9.67. The fraction of sp³-hybridized carbons (Fsp3) is 0.455. The summed E-state index contributed by atoms with van der Waals surface area (Å²) < 4.78 is 31.1. The van der Waals surface area contributed by atoms with Gasteiger partial charge in [0.05, 0.1) is 12.2 Å². The lowest BCUT2D eigenvalue weighted by Crippen LogP contribution is -2.36. The average molecular weight is 244 g/mol. The molecule has 0 spiro atoms. The summed E-state index contributed by atoms with van der Waals surface area (Å²) in [5.41, 5.74) is -0.360. The highest BCUT2D eigenvalue weighted by molar-refractivity contribution is 5.94. The molecule has 0 aliphatic rings. The standard InChI is InChI=1S/C11H14F2N2O2/c1-3-17-6-7(2)15-11(16)8-4-5-14-10(13)9(8)12/h4-5,7H,3,6H2,1-2H3,(H,15,16). The summed E-state index contributed by atoms with van der Waals surface area (Å²) in [5, 5.41) is 2.50. The number of aromatic nitrogens is 1. The second-order valence-electron chi connectivity index (χ2n) is 3.50. The number of ether oxygens (including phenoxy) is 1. The smallest absolute Gasteiger partial charge is 0.254 e. The van der Waals surface area contributed by atoms with E-state index >= 15 is 0 Å². The van der Waals surface area contributed by atoms with Gasteiger partial charge in [0.1, 0.15) is 0 Å². The quantitative estimate of drug-likeness (QED) is 0.799. The second kappa shape index (κ2) is 6.24. The van der Waals surface area contributed by atoms with E-state index in [9.17, 15) is 13.6 Å². The predicted molar refractivity (Wildman–Crippen MR) is 57.6 cm³/mol. The fourth-order valence-electron chi connectivity index (χ4n) is 1.23. The summed E-state index contributed by atoms with van der Waals surface area (Å²) in [5.74, 6) is -3.21. The van der Waals surface area contributed by atoms with Crippen molar-refractivity contribution in [1.29, 1.82) is 0 Å². The van der Waals surface area contributed by atoms with Crippen LogP contribution in [-0.4, -0.2) is 30.1 Å². The first-order valence-corrected chi connectivity index (χ1v) is 5.24. The van der Waals surface area contributed by atoms with Crippen LogP contribution in [0.25, 0.3) is 0 Å². The number of hydrogen-bond acceptors (Lipinski definition) is 3. The summed E-state index contributed by atoms with van der Waals surface area (Å²) in [6.07, 6.45) is 1.04. The summed E-state index contributed by atoms with van der Waals surface area (Å²) in [6, 6.07) is 0.847. The van der Waals surface area contributed by atoms with Crippen LogP contribution in [0.15, 0.2) is 12.3 Å². The van der Waals surface area contributed by atoms with Crippen LogP contribution >= 0.6 is 0 Å². The minimum Gasteiger partial charge on any atom is -0.380 e. The topological polar surface area (TPSA) is 51.2 Å². The molecule has 94 valence electrons. The van der Waals surface area contributed by atoms with Gasteiger partial charge >= 0.3 is 0 Å². The van der Waals surface area contributed by atoms with Gasteiger partial charge in [-0.15, -0.1) is 0 Å². The Balaban J connectivity index is 2.67. The van der Waals surface area contributed by atoms with E-state index in [0.717, 1.165) is 12.3 Å². The first kappa shape index (κ1) is 13.5. The van der Waals surface area contributed by atoms with Crippen LogP contribution in [0.5, 0.6) is 0 Å². The lowest BCUT2D eigenvalue weighted by molar-refractivity contribution is 0.0867. The Hall–Kier alpha value is -1.56. The van der Waals surface area contributed by atoms with Crippen molar-refractivity contribution in [1.82, 2.24) is 10.3 Å². The first-order valence-electron chi connectivity index (χ1n) is 5.24. The van der Waals surface area contributed by atoms with Crippen LogP contribution in [-0.2, 0) is 4.74 Å². The van der Waals surface area contributed by atoms with Crippen LogP contribution in [0.4, 0.5) is 8.78 Å². The minimum absolute atomic E-state index is 0.280. The Kier molecular flexibility index (Phi) is 4.96. The van der Waals surface area contributed by atoms with Crippen LogP contribution in [0.2, 0.25) is 0 Å². The third-order valence-corrected chi connectivity index (χ3v) is 2.04. The van der Waals surface area contributed by atoms with Crippen molar-refractivity contribution in [2.75, 3.05) is 13.2 Å². The molecule has 0 radical (unpaired) electrons. The Labute approximate surface area is 98.0 Å². The molecular weight excluding hydrogens is 230 g/mol. The van der Waals surface area contributed by atoms with Crippen LogP contribution in [0.1, 0.15) is 24.2 Å². The van der Waals surface area contributed by atoms with Crippen molar-refractivity contribution in [3.05, 3.63) is 29.6 Å². The number of amides is 1. The number of rotatable bonds is 5. The molecule has 0 aliphatic carbocycles. The van der Waals surface area contributed by atoms with E-state index in [4.69, 9.17) is 4.74 Å². The monoisotopic (exact) mass is 244 g/mol. The van der Waals surface area contributed by atoms with Crippen molar-refractivity contribution in [2.45, 2.75) is 19.9 Å². The highest BCUT2D eigenvalue weighted by Crippen LogP contribution is 2.08. The molecule has 1 aromatic heterocycles. The summed E-state index contributed by atoms with van der Waals surface area (Å²) in [7, 11) is 0. The molecule has 0 fully saturated rings. The molecule has 0 aromatic carbocycles. The zero-order valence-electron chi connectivity index (χ0n) is 9.67. The maximum atomic E-state index is 13.2. The Bertz CT molecular complexity index is 399. The molecule has 6 heteroatoms. The van der Waals surface area contributed by atoms with Crippen LogP contribution in [0.3, 0.4) is 0 Å². The molecule has 17 heavy (non-hydrogen) atoms. The lowest BCUT2D eigenvalue weighted by Gasteiger charge is -2.13. The number of hydrogen-bond donors (Lipinski definition) is 1. The van der Waals surface area contributed by atoms with E-state index in [-0.39, 0.29) is 11.6 Å². The SMILES string of the molecule is CCOCC(C)NC(=O)c1ccnc(F)c1F. The predicted octanol–water partition coefficient (Wildman–Crippen LogP) is 1.51. The molecule has 0 saturated carbocycles. The molecule has 1 unspecified atom stereocenters. The van der Waals surface area contributed by atoms with E-state index in [1.807, 2.05) is 6.92 Å². The zero-order chi connectivity index (χ0) is 12.8. The molecule has 0 saturated heterocycles. The van der Waals surface area contributed by atoms with Crippen LogP contribution < -0.4 is 5.32 Å². The average Bonchev–Trinajstić information content (AvgIpc) is 2.29. The van der Waals surface area contributed by atoms with E-state index < -0.39 is 17.7 Å². The third-order valence-electron chi connectivity index (χ3n) is 2.04. The number of carbonyl (C=O) groups is 1. The molecular formula is C11H14F2N2O2. The largest absolute Gasteiger partial charge is 0.380 e. The molecule has 0 aliphatic heterocycles. The highest BCUT2D eigenvalue weighted by atomic mass is 19.2. The molecule has 4 nitrogen and oxygen atoms in total. The highest BCUT2D eigenvalue weighted by Gasteiger charge is 2.17. The van der Waals surface area contributed by atoms with Gasteiger partial charge in [0, 0.05) is 18.8 Å². The molecule has 1 atom stereocenters. The van der Waals surface area contributed by atoms with Gasteiger partial charge in [-0.05, 0) is 19.9 Å². The maximum Gasteiger partial charge on any atom is 0.254 e. The van der Waals surface area contributed by atoms with Gasteiger partial charge in [0.25, 0.3) is 5.91 Å². The fourth-order valence-corrected chi connectivity index (χ4v) is 1.23. The molecule has 1 heterocycles. The van der Waals surface area contributed by atoms with Crippen LogP contribution in [0, 0.1) is 11.8 Å². The summed E-state index contributed by atoms with van der Waals surface area (Å²) in [4.78, 5) is 14.7. The van der Waals surface area contributed by atoms with E-state index in [1.165, 1.54) is 0 Å². The first-order chi connectivity index (χ1) is 8.06. The van der Waals surface area contributed by atoms with Crippen molar-refractivity contribution < 1.29 is 18.3 Å². The summed E-state index contributed by atoms with van der Waals surface area (Å²) >= 11 is 0. The van der Waals surface area contributed by atoms with Gasteiger partial charge in [-0.1, -0.05) is 0 Å². The minimum atomic E-state index is -1.28. The third kappa shape index (κ3) is 3.74. The van der Waals surface area contributed by atoms with Gasteiger partial charge < -0.3 is 10.1 Å². The Morgan fingerprint density at radius 2 is 2.29 bits per heavy atom. The van der Waals surface area contributed by atoms with Gasteiger partial charge in [0.15, 0.2) is 5.82 Å². The van der Waals surface area contributed by atoms with Crippen molar-refractivity contribution in [3.8, 4) is 0 Å². The summed E-state index contributed by atoms with van der Waals surface area (Å²) in [6.45, 7) is 4.38. The maximum absolute atomic E-state index is 13.2. The van der Waals surface area contributed by atoms with Gasteiger partial charge in [-0.3, -0.25) is 4.79 Å². The number of nitrogens with one attached hydrogen (secondary N) is 1. The number of nitrogens with zero attached hydrogens (tertiary/aromatic N) is 1. The van der Waals surface area contributed by atoms with Crippen molar-refractivity contribution in [2.24, 2.45) is 0 Å².